The van der Waals surface area contributed by atoms with Gasteiger partial charge in [-0.3, -0.25) is 19.2 Å². The zero-order chi connectivity index (χ0) is 25.6. The lowest BCUT2D eigenvalue weighted by Crippen LogP contribution is -2.39. The number of amides is 1. The van der Waals surface area contributed by atoms with E-state index in [1.54, 1.807) is 25.1 Å². The number of nitrogens with zero attached hydrogens (tertiary/aromatic N) is 3. The SMILES string of the molecule is COc1ccc(N(CC(=O)N/N=C(/C)c2ccc([N+](=O)[O-])cc2)S(=O)(=O)c2ccccc2)cc1Cl. The molecule has 0 heterocycles. The number of nitro benzene ring substituents is 1. The minimum atomic E-state index is -4.13. The van der Waals surface area contributed by atoms with Gasteiger partial charge in [-0.25, -0.2) is 13.8 Å². The molecular weight excluding hydrogens is 496 g/mol. The summed E-state index contributed by atoms with van der Waals surface area (Å²) in [6.45, 7) is 1.01. The number of hydrogen-bond acceptors (Lipinski definition) is 7. The van der Waals surface area contributed by atoms with E-state index in [0.29, 0.717) is 17.0 Å². The number of non-ortho nitro benzene ring substituents is 1. The van der Waals surface area contributed by atoms with Crippen LogP contribution in [0.3, 0.4) is 0 Å². The lowest BCUT2D eigenvalue weighted by molar-refractivity contribution is -0.384. The molecule has 0 spiro atoms. The quantitative estimate of drug-likeness (QED) is 0.260. The van der Waals surface area contributed by atoms with Crippen molar-refractivity contribution in [3.63, 3.8) is 0 Å². The fraction of sp³-hybridized carbons (Fsp3) is 0.130. The van der Waals surface area contributed by atoms with Crippen molar-refractivity contribution in [2.24, 2.45) is 5.10 Å². The van der Waals surface area contributed by atoms with Gasteiger partial charge < -0.3 is 4.74 Å². The van der Waals surface area contributed by atoms with Gasteiger partial charge in [-0.05, 0) is 55.0 Å². The topological polar surface area (TPSA) is 131 Å². The molecule has 0 aliphatic carbocycles. The van der Waals surface area contributed by atoms with Crippen LogP contribution in [-0.4, -0.2) is 38.6 Å². The van der Waals surface area contributed by atoms with E-state index in [1.807, 2.05) is 0 Å². The predicted molar refractivity (Wildman–Crippen MR) is 132 cm³/mol. The number of anilines is 1. The molecule has 10 nitrogen and oxygen atoms in total. The standard InChI is InChI=1S/C23H21ClN4O6S/c1-16(17-8-10-18(11-9-17)28(30)31)25-26-23(29)15-27(19-12-13-22(34-2)21(24)14-19)35(32,33)20-6-4-3-5-7-20/h3-14H,15H2,1-2H3,(H,26,29)/b25-16-. The van der Waals surface area contributed by atoms with Gasteiger partial charge in [0.25, 0.3) is 21.6 Å². The Bertz CT molecular complexity index is 1360. The highest BCUT2D eigenvalue weighted by Crippen LogP contribution is 2.31. The second kappa shape index (κ2) is 11.0. The summed E-state index contributed by atoms with van der Waals surface area (Å²) in [6.07, 6.45) is 0. The number of rotatable bonds is 9. The number of halogens is 1. The summed E-state index contributed by atoms with van der Waals surface area (Å²) in [5, 5.41) is 15.0. The van der Waals surface area contributed by atoms with Crippen LogP contribution < -0.4 is 14.5 Å². The summed E-state index contributed by atoms with van der Waals surface area (Å²) in [5.74, 6) is -0.363. The summed E-state index contributed by atoms with van der Waals surface area (Å²) >= 11 is 6.20. The van der Waals surface area contributed by atoms with Gasteiger partial charge in [-0.2, -0.15) is 5.10 Å². The average molecular weight is 517 g/mol. The van der Waals surface area contributed by atoms with Crippen LogP contribution in [-0.2, 0) is 14.8 Å². The molecule has 1 amide bonds. The van der Waals surface area contributed by atoms with Crippen LogP contribution in [0.2, 0.25) is 5.02 Å². The van der Waals surface area contributed by atoms with E-state index in [4.69, 9.17) is 16.3 Å². The van der Waals surface area contributed by atoms with Gasteiger partial charge in [0.05, 0.1) is 33.4 Å². The van der Waals surface area contributed by atoms with Gasteiger partial charge in [-0.1, -0.05) is 29.8 Å². The Balaban J connectivity index is 1.87. The number of methoxy groups -OCH3 is 1. The number of carbonyl (C=O) groups excluding carboxylic acids is 1. The monoisotopic (exact) mass is 516 g/mol. The van der Waals surface area contributed by atoms with E-state index >= 15 is 0 Å². The summed E-state index contributed by atoms with van der Waals surface area (Å²) < 4.78 is 32.8. The molecule has 0 saturated heterocycles. The summed E-state index contributed by atoms with van der Waals surface area (Å²) in [5.41, 5.74) is 3.33. The second-order valence-electron chi connectivity index (χ2n) is 7.18. The predicted octanol–water partition coefficient (Wildman–Crippen LogP) is 3.99. The third-order valence-corrected chi connectivity index (χ3v) is 6.97. The van der Waals surface area contributed by atoms with E-state index in [0.717, 1.165) is 4.31 Å². The van der Waals surface area contributed by atoms with Crippen molar-refractivity contribution in [1.82, 2.24) is 5.43 Å². The number of sulfonamides is 1. The van der Waals surface area contributed by atoms with Gasteiger partial charge in [0.15, 0.2) is 0 Å². The largest absolute Gasteiger partial charge is 0.495 e. The van der Waals surface area contributed by atoms with Crippen LogP contribution >= 0.6 is 11.6 Å². The highest BCUT2D eigenvalue weighted by molar-refractivity contribution is 7.92. The molecule has 0 aliphatic heterocycles. The molecule has 0 radical (unpaired) electrons. The van der Waals surface area contributed by atoms with Crippen molar-refractivity contribution in [1.29, 1.82) is 0 Å². The van der Waals surface area contributed by atoms with Gasteiger partial charge in [-0.15, -0.1) is 0 Å². The maximum Gasteiger partial charge on any atom is 0.269 e. The van der Waals surface area contributed by atoms with Gasteiger partial charge in [0.1, 0.15) is 12.3 Å². The lowest BCUT2D eigenvalue weighted by Gasteiger charge is -2.24. The number of nitrogens with one attached hydrogen (secondary N) is 1. The fourth-order valence-corrected chi connectivity index (χ4v) is 4.73. The molecule has 0 fully saturated rings. The summed E-state index contributed by atoms with van der Waals surface area (Å²) in [4.78, 5) is 23.0. The molecule has 0 aliphatic rings. The van der Waals surface area contributed by atoms with Gasteiger partial charge in [0, 0.05) is 12.1 Å². The number of ether oxygens (including phenoxy) is 1. The van der Waals surface area contributed by atoms with Crippen LogP contribution in [0, 0.1) is 10.1 Å². The molecule has 3 rings (SSSR count). The van der Waals surface area contributed by atoms with E-state index in [1.165, 1.54) is 61.7 Å². The van der Waals surface area contributed by atoms with E-state index < -0.39 is 27.4 Å². The van der Waals surface area contributed by atoms with Crippen molar-refractivity contribution in [3.8, 4) is 5.75 Å². The Morgan fingerprint density at radius 2 is 1.77 bits per heavy atom. The number of hydrazone groups is 1. The maximum atomic E-state index is 13.4. The molecule has 1 N–H and O–H groups in total. The van der Waals surface area contributed by atoms with E-state index in [-0.39, 0.29) is 21.3 Å². The molecule has 0 unspecified atom stereocenters. The van der Waals surface area contributed by atoms with Crippen molar-refractivity contribution in [2.75, 3.05) is 18.0 Å². The van der Waals surface area contributed by atoms with Crippen LogP contribution in [0.4, 0.5) is 11.4 Å². The zero-order valence-electron chi connectivity index (χ0n) is 18.7. The lowest BCUT2D eigenvalue weighted by atomic mass is 10.1. The first-order valence-corrected chi connectivity index (χ1v) is 11.9. The Hall–Kier alpha value is -3.96. The van der Waals surface area contributed by atoms with Crippen molar-refractivity contribution >= 4 is 44.6 Å². The molecule has 3 aromatic carbocycles. The van der Waals surface area contributed by atoms with Crippen LogP contribution in [0.25, 0.3) is 0 Å². The van der Waals surface area contributed by atoms with Crippen LogP contribution in [0.5, 0.6) is 5.75 Å². The van der Waals surface area contributed by atoms with Crippen molar-refractivity contribution < 1.29 is 22.9 Å². The van der Waals surface area contributed by atoms with Crippen molar-refractivity contribution in [3.05, 3.63) is 93.5 Å². The molecule has 0 aromatic heterocycles. The first-order chi connectivity index (χ1) is 16.6. The van der Waals surface area contributed by atoms with Crippen LogP contribution in [0.1, 0.15) is 12.5 Å². The molecule has 3 aromatic rings. The van der Waals surface area contributed by atoms with Gasteiger partial charge in [0.2, 0.25) is 0 Å². The van der Waals surface area contributed by atoms with E-state index in [2.05, 4.69) is 10.5 Å². The average Bonchev–Trinajstić information content (AvgIpc) is 2.86. The third kappa shape index (κ3) is 6.14. The second-order valence-corrected chi connectivity index (χ2v) is 9.45. The summed E-state index contributed by atoms with van der Waals surface area (Å²) in [6, 6.07) is 17.6. The molecule has 0 bridgehead atoms. The molecule has 12 heteroatoms. The maximum absolute atomic E-state index is 13.4. The third-order valence-electron chi connectivity index (χ3n) is 4.89. The number of benzene rings is 3. The Morgan fingerprint density at radius 3 is 2.34 bits per heavy atom. The van der Waals surface area contributed by atoms with Crippen LogP contribution in [0.15, 0.2) is 82.8 Å². The Morgan fingerprint density at radius 1 is 1.11 bits per heavy atom. The van der Waals surface area contributed by atoms with Gasteiger partial charge >= 0.3 is 0 Å². The highest BCUT2D eigenvalue weighted by atomic mass is 35.5. The molecular formula is C23H21ClN4O6S. The number of nitro groups is 1. The smallest absolute Gasteiger partial charge is 0.269 e. The Kier molecular flexibility index (Phi) is 8.05. The van der Waals surface area contributed by atoms with Crippen molar-refractivity contribution in [2.45, 2.75) is 11.8 Å². The minimum Gasteiger partial charge on any atom is -0.495 e. The molecule has 182 valence electrons. The Labute approximate surface area is 207 Å². The molecule has 0 atom stereocenters. The highest BCUT2D eigenvalue weighted by Gasteiger charge is 2.27. The number of hydrogen-bond donors (Lipinski definition) is 1. The fourth-order valence-electron chi connectivity index (χ4n) is 3.05. The summed E-state index contributed by atoms with van der Waals surface area (Å²) in [7, 11) is -2.70. The normalized spacial score (nSPS) is 11.6. The van der Waals surface area contributed by atoms with E-state index in [9.17, 15) is 23.3 Å². The molecule has 0 saturated carbocycles. The first kappa shape index (κ1) is 25.7. The minimum absolute atomic E-state index is 0.00898. The first-order valence-electron chi connectivity index (χ1n) is 10.1. The number of carbonyl (C=O) groups is 1. The zero-order valence-corrected chi connectivity index (χ0v) is 20.3. The molecule has 35 heavy (non-hydrogen) atoms.